The highest BCUT2D eigenvalue weighted by Crippen LogP contribution is 1.88. The van der Waals surface area contributed by atoms with Crippen molar-refractivity contribution < 1.29 is 0 Å². The van der Waals surface area contributed by atoms with Crippen LogP contribution in [0.25, 0.3) is 0 Å². The van der Waals surface area contributed by atoms with E-state index in [1.54, 1.807) is 12.4 Å². The van der Waals surface area contributed by atoms with Crippen molar-refractivity contribution in [3.05, 3.63) is 30.1 Å². The summed E-state index contributed by atoms with van der Waals surface area (Å²) in [4.78, 5) is 3.85. The number of hydrogen-bond donors (Lipinski definition) is 1. The number of nitrogens with two attached hydrogens (primary N) is 1. The molecule has 0 atom stereocenters. The third-order valence-corrected chi connectivity index (χ3v) is 0.847. The second-order valence-corrected chi connectivity index (χ2v) is 1.52. The van der Waals surface area contributed by atoms with Gasteiger partial charge in [-0.15, -0.1) is 0 Å². The van der Waals surface area contributed by atoms with Crippen molar-refractivity contribution in [2.45, 2.75) is 6.92 Å². The van der Waals surface area contributed by atoms with E-state index in [0.717, 1.165) is 0 Å². The molecule has 0 aliphatic rings. The van der Waals surface area contributed by atoms with Gasteiger partial charge in [-0.1, -0.05) is 0 Å². The van der Waals surface area contributed by atoms with Gasteiger partial charge in [-0.2, -0.15) is 0 Å². The van der Waals surface area contributed by atoms with Gasteiger partial charge in [0.1, 0.15) is 0 Å². The second kappa shape index (κ2) is 5.25. The zero-order chi connectivity index (χ0) is 7.11. The maximum absolute atomic E-state index is 4.50. The summed E-state index contributed by atoms with van der Waals surface area (Å²) in [5, 5.41) is 0. The van der Waals surface area contributed by atoms with Crippen LogP contribution in [0.3, 0.4) is 0 Å². The first-order chi connectivity index (χ1) is 4.39. The molecular weight excluding hydrogens is 112 g/mol. The summed E-state index contributed by atoms with van der Waals surface area (Å²) >= 11 is 0. The normalized spacial score (nSPS) is 7.44. The largest absolute Gasteiger partial charge is 0.333 e. The Balaban J connectivity index is 0.000000291. The van der Waals surface area contributed by atoms with E-state index in [4.69, 9.17) is 0 Å². The van der Waals surface area contributed by atoms with Gasteiger partial charge in [-0.3, -0.25) is 4.98 Å². The second-order valence-electron chi connectivity index (χ2n) is 1.52. The Morgan fingerprint density at radius 1 is 1.22 bits per heavy atom. The van der Waals surface area contributed by atoms with Crippen molar-refractivity contribution >= 4 is 0 Å². The predicted molar refractivity (Wildman–Crippen MR) is 39.1 cm³/mol. The summed E-state index contributed by atoms with van der Waals surface area (Å²) in [6.07, 6.45) is 3.57. The van der Waals surface area contributed by atoms with Gasteiger partial charge in [0, 0.05) is 12.4 Å². The van der Waals surface area contributed by atoms with E-state index >= 15 is 0 Å². The van der Waals surface area contributed by atoms with Gasteiger partial charge in [0.2, 0.25) is 0 Å². The molecule has 2 nitrogen and oxygen atoms in total. The Morgan fingerprint density at radius 3 is 1.89 bits per heavy atom. The summed E-state index contributed by atoms with van der Waals surface area (Å²) in [6.45, 7) is 2.04. The molecule has 9 heavy (non-hydrogen) atoms. The quantitative estimate of drug-likeness (QED) is 0.559. The zero-order valence-electron chi connectivity index (χ0n) is 5.83. The average Bonchev–Trinajstić information content (AvgIpc) is 1.94. The first-order valence-electron chi connectivity index (χ1n) is 2.84. The third-order valence-electron chi connectivity index (χ3n) is 0.847. The Bertz CT molecular complexity index is 137. The fourth-order valence-electron chi connectivity index (χ4n) is 0.426. The SMILES string of the molecule is CN.Cc1ccncc1. The van der Waals surface area contributed by atoms with Crippen LogP contribution in [0, 0.1) is 6.92 Å². The lowest BCUT2D eigenvalue weighted by molar-refractivity contribution is 1.29. The molecule has 1 heterocycles. The van der Waals surface area contributed by atoms with Crippen LogP contribution in [0.15, 0.2) is 24.5 Å². The van der Waals surface area contributed by atoms with Gasteiger partial charge in [0.25, 0.3) is 0 Å². The van der Waals surface area contributed by atoms with Gasteiger partial charge >= 0.3 is 0 Å². The monoisotopic (exact) mass is 124 g/mol. The molecule has 0 fully saturated rings. The summed E-state index contributed by atoms with van der Waals surface area (Å²) in [6, 6.07) is 3.94. The van der Waals surface area contributed by atoms with Crippen LogP contribution in [0.1, 0.15) is 5.56 Å². The lowest BCUT2D eigenvalue weighted by Crippen LogP contribution is -1.69. The smallest absolute Gasteiger partial charge is 0.0270 e. The summed E-state index contributed by atoms with van der Waals surface area (Å²) in [5.41, 5.74) is 5.76. The lowest BCUT2D eigenvalue weighted by Gasteiger charge is -1.82. The van der Waals surface area contributed by atoms with Gasteiger partial charge in [0.05, 0.1) is 0 Å². The van der Waals surface area contributed by atoms with E-state index in [1.807, 2.05) is 19.1 Å². The molecular formula is C7H12N2. The number of hydrogen-bond acceptors (Lipinski definition) is 2. The van der Waals surface area contributed by atoms with Crippen LogP contribution < -0.4 is 5.73 Å². The molecule has 50 valence electrons. The van der Waals surface area contributed by atoms with Crippen molar-refractivity contribution in [1.29, 1.82) is 0 Å². The minimum absolute atomic E-state index is 1.26. The Labute approximate surface area is 55.7 Å². The molecule has 0 aromatic carbocycles. The topological polar surface area (TPSA) is 38.9 Å². The maximum atomic E-state index is 4.50. The number of pyridine rings is 1. The molecule has 2 N–H and O–H groups in total. The number of nitrogens with zero attached hydrogens (tertiary/aromatic N) is 1. The minimum atomic E-state index is 1.26. The Morgan fingerprint density at radius 2 is 1.67 bits per heavy atom. The van der Waals surface area contributed by atoms with Crippen molar-refractivity contribution in [1.82, 2.24) is 4.98 Å². The van der Waals surface area contributed by atoms with Gasteiger partial charge in [-0.05, 0) is 31.7 Å². The van der Waals surface area contributed by atoms with Gasteiger partial charge in [-0.25, -0.2) is 0 Å². The Hall–Kier alpha value is -0.890. The number of aromatic nitrogens is 1. The molecule has 0 aliphatic carbocycles. The van der Waals surface area contributed by atoms with Crippen LogP contribution in [0.4, 0.5) is 0 Å². The van der Waals surface area contributed by atoms with Crippen LogP contribution in [0.5, 0.6) is 0 Å². The molecule has 0 saturated carbocycles. The van der Waals surface area contributed by atoms with Crippen LogP contribution >= 0.6 is 0 Å². The van der Waals surface area contributed by atoms with Crippen molar-refractivity contribution in [3.8, 4) is 0 Å². The molecule has 0 radical (unpaired) electrons. The van der Waals surface area contributed by atoms with Crippen LogP contribution in [-0.2, 0) is 0 Å². The van der Waals surface area contributed by atoms with Gasteiger partial charge < -0.3 is 5.73 Å². The van der Waals surface area contributed by atoms with Crippen molar-refractivity contribution in [2.75, 3.05) is 7.05 Å². The Kier molecular flexibility index (Phi) is 4.73. The maximum Gasteiger partial charge on any atom is 0.0270 e. The fourth-order valence-corrected chi connectivity index (χ4v) is 0.426. The van der Waals surface area contributed by atoms with Crippen molar-refractivity contribution in [3.63, 3.8) is 0 Å². The standard InChI is InChI=1S/C6H7N.CH5N/c1-6-2-4-7-5-3-6;1-2/h2-5H,1H3;2H2,1H3. The lowest BCUT2D eigenvalue weighted by atomic mass is 10.3. The van der Waals surface area contributed by atoms with E-state index in [2.05, 4.69) is 10.7 Å². The summed E-state index contributed by atoms with van der Waals surface area (Å²) < 4.78 is 0. The van der Waals surface area contributed by atoms with E-state index in [9.17, 15) is 0 Å². The average molecular weight is 124 g/mol. The molecule has 0 spiro atoms. The van der Waals surface area contributed by atoms with E-state index in [-0.39, 0.29) is 0 Å². The van der Waals surface area contributed by atoms with Crippen LogP contribution in [0.2, 0.25) is 0 Å². The zero-order valence-corrected chi connectivity index (χ0v) is 5.83. The van der Waals surface area contributed by atoms with E-state index in [0.29, 0.717) is 0 Å². The predicted octanol–water partition coefficient (Wildman–Crippen LogP) is 0.965. The molecule has 0 unspecified atom stereocenters. The molecule has 1 aromatic rings. The van der Waals surface area contributed by atoms with E-state index < -0.39 is 0 Å². The first kappa shape index (κ1) is 8.11. The number of aryl methyl sites for hydroxylation is 1. The minimum Gasteiger partial charge on any atom is -0.333 e. The van der Waals surface area contributed by atoms with E-state index in [1.165, 1.54) is 12.6 Å². The fraction of sp³-hybridized carbons (Fsp3) is 0.286. The molecule has 1 aromatic heterocycles. The summed E-state index contributed by atoms with van der Waals surface area (Å²) in [7, 11) is 1.50. The van der Waals surface area contributed by atoms with Crippen LogP contribution in [-0.4, -0.2) is 12.0 Å². The molecule has 0 amide bonds. The highest BCUT2D eigenvalue weighted by molar-refractivity contribution is 5.05. The molecule has 2 heteroatoms. The highest BCUT2D eigenvalue weighted by atomic mass is 14.6. The summed E-state index contributed by atoms with van der Waals surface area (Å²) in [5.74, 6) is 0. The van der Waals surface area contributed by atoms with Gasteiger partial charge in [0.15, 0.2) is 0 Å². The van der Waals surface area contributed by atoms with Crippen molar-refractivity contribution in [2.24, 2.45) is 5.73 Å². The molecule has 1 rings (SSSR count). The molecule has 0 bridgehead atoms. The number of rotatable bonds is 0. The third kappa shape index (κ3) is 3.67. The highest BCUT2D eigenvalue weighted by Gasteiger charge is 1.72. The first-order valence-corrected chi connectivity index (χ1v) is 2.84. The molecule has 0 saturated heterocycles. The molecule has 0 aliphatic heterocycles.